The Labute approximate surface area is 94.8 Å². The van der Waals surface area contributed by atoms with E-state index < -0.39 is 5.79 Å². The minimum Gasteiger partial charge on any atom is -0.872 e. The first-order valence-electron chi connectivity index (χ1n) is 5.27. The van der Waals surface area contributed by atoms with Gasteiger partial charge in [-0.05, 0) is 26.0 Å². The van der Waals surface area contributed by atoms with Crippen LogP contribution in [0.3, 0.4) is 0 Å². The van der Waals surface area contributed by atoms with Crippen molar-refractivity contribution in [3.05, 3.63) is 24.3 Å². The Balaban J connectivity index is 1.82. The first kappa shape index (κ1) is 11.2. The summed E-state index contributed by atoms with van der Waals surface area (Å²) >= 11 is 0. The Morgan fingerprint density at radius 1 is 1.38 bits per heavy atom. The molecule has 1 aromatic carbocycles. The lowest BCUT2D eigenvalue weighted by Gasteiger charge is -2.17. The average Bonchev–Trinajstić information content (AvgIpc) is 2.58. The number of benzene rings is 1. The van der Waals surface area contributed by atoms with Crippen molar-refractivity contribution in [1.82, 2.24) is 0 Å². The van der Waals surface area contributed by atoms with Crippen LogP contribution in [-0.2, 0) is 9.47 Å². The molecule has 1 fully saturated rings. The molecular formula is C12H15O4-. The van der Waals surface area contributed by atoms with Gasteiger partial charge in [-0.2, -0.15) is 0 Å². The Bertz CT molecular complexity index is 345. The third kappa shape index (κ3) is 2.87. The van der Waals surface area contributed by atoms with Crippen LogP contribution in [0, 0.1) is 0 Å². The minimum absolute atomic E-state index is 0.0195. The number of rotatable bonds is 3. The third-order valence-corrected chi connectivity index (χ3v) is 2.33. The zero-order valence-corrected chi connectivity index (χ0v) is 9.43. The van der Waals surface area contributed by atoms with Crippen LogP contribution in [0.15, 0.2) is 24.3 Å². The van der Waals surface area contributed by atoms with E-state index in [9.17, 15) is 5.11 Å². The van der Waals surface area contributed by atoms with E-state index in [1.807, 2.05) is 13.8 Å². The second kappa shape index (κ2) is 4.31. The SMILES string of the molecule is CC1(C)OCC(COc2ccc([O-])cc2)O1. The van der Waals surface area contributed by atoms with E-state index in [-0.39, 0.29) is 11.9 Å². The largest absolute Gasteiger partial charge is 0.872 e. The molecule has 1 aliphatic rings. The molecule has 1 unspecified atom stereocenters. The van der Waals surface area contributed by atoms with Gasteiger partial charge in [0.15, 0.2) is 5.79 Å². The van der Waals surface area contributed by atoms with Gasteiger partial charge >= 0.3 is 0 Å². The predicted molar refractivity (Wildman–Crippen MR) is 56.3 cm³/mol. The van der Waals surface area contributed by atoms with Crippen LogP contribution in [0.25, 0.3) is 0 Å². The maximum absolute atomic E-state index is 10.9. The van der Waals surface area contributed by atoms with Gasteiger partial charge in [0.2, 0.25) is 0 Å². The Kier molecular flexibility index (Phi) is 3.03. The molecule has 0 aliphatic carbocycles. The van der Waals surface area contributed by atoms with Crippen LogP contribution in [0.2, 0.25) is 0 Å². The second-order valence-electron chi connectivity index (χ2n) is 4.23. The highest BCUT2D eigenvalue weighted by atomic mass is 16.7. The molecule has 2 rings (SSSR count). The molecule has 4 heteroatoms. The minimum atomic E-state index is -0.521. The van der Waals surface area contributed by atoms with Crippen LogP contribution in [-0.4, -0.2) is 25.1 Å². The molecule has 1 aromatic rings. The van der Waals surface area contributed by atoms with Crippen LogP contribution in [0.1, 0.15) is 13.8 Å². The van der Waals surface area contributed by atoms with Crippen LogP contribution < -0.4 is 9.84 Å². The summed E-state index contributed by atoms with van der Waals surface area (Å²) in [5.74, 6) is 0.134. The molecular weight excluding hydrogens is 208 g/mol. The fraction of sp³-hybridized carbons (Fsp3) is 0.500. The molecule has 1 atom stereocenters. The fourth-order valence-electron chi connectivity index (χ4n) is 1.57. The molecule has 0 amide bonds. The number of hydrogen-bond donors (Lipinski definition) is 0. The zero-order chi connectivity index (χ0) is 11.6. The predicted octanol–water partition coefficient (Wildman–Crippen LogP) is 1.29. The molecule has 4 nitrogen and oxygen atoms in total. The van der Waals surface area contributed by atoms with E-state index in [0.29, 0.717) is 19.0 Å². The number of hydrogen-bond acceptors (Lipinski definition) is 4. The van der Waals surface area contributed by atoms with E-state index in [1.165, 1.54) is 12.1 Å². The average molecular weight is 223 g/mol. The van der Waals surface area contributed by atoms with Gasteiger partial charge in [0.05, 0.1) is 6.61 Å². The summed E-state index contributed by atoms with van der Waals surface area (Å²) < 4.78 is 16.5. The third-order valence-electron chi connectivity index (χ3n) is 2.33. The monoisotopic (exact) mass is 223 g/mol. The number of ether oxygens (including phenoxy) is 3. The molecule has 0 spiro atoms. The maximum atomic E-state index is 10.9. The van der Waals surface area contributed by atoms with Gasteiger partial charge in [-0.1, -0.05) is 12.1 Å². The van der Waals surface area contributed by atoms with Crippen molar-refractivity contribution in [3.8, 4) is 11.5 Å². The van der Waals surface area contributed by atoms with E-state index in [1.54, 1.807) is 12.1 Å². The van der Waals surface area contributed by atoms with Gasteiger partial charge in [0, 0.05) is 0 Å². The quantitative estimate of drug-likeness (QED) is 0.774. The van der Waals surface area contributed by atoms with E-state index in [4.69, 9.17) is 14.2 Å². The highest BCUT2D eigenvalue weighted by molar-refractivity contribution is 5.29. The highest BCUT2D eigenvalue weighted by Gasteiger charge is 2.32. The Morgan fingerprint density at radius 2 is 2.06 bits per heavy atom. The van der Waals surface area contributed by atoms with Crippen LogP contribution >= 0.6 is 0 Å². The van der Waals surface area contributed by atoms with Gasteiger partial charge in [-0.25, -0.2) is 0 Å². The van der Waals surface area contributed by atoms with Gasteiger partial charge in [-0.15, -0.1) is 5.75 Å². The van der Waals surface area contributed by atoms with Crippen LogP contribution in [0.4, 0.5) is 0 Å². The lowest BCUT2D eigenvalue weighted by molar-refractivity contribution is -0.268. The van der Waals surface area contributed by atoms with Crippen molar-refractivity contribution in [2.75, 3.05) is 13.2 Å². The molecule has 0 N–H and O–H groups in total. The molecule has 0 saturated carbocycles. The second-order valence-corrected chi connectivity index (χ2v) is 4.23. The van der Waals surface area contributed by atoms with E-state index in [2.05, 4.69) is 0 Å². The summed E-state index contributed by atoms with van der Waals surface area (Å²) in [4.78, 5) is 0. The van der Waals surface area contributed by atoms with Gasteiger partial charge < -0.3 is 19.3 Å². The van der Waals surface area contributed by atoms with E-state index in [0.717, 1.165) is 0 Å². The van der Waals surface area contributed by atoms with Gasteiger partial charge in [0.25, 0.3) is 0 Å². The van der Waals surface area contributed by atoms with Crippen molar-refractivity contribution >= 4 is 0 Å². The first-order chi connectivity index (χ1) is 7.55. The molecule has 0 radical (unpaired) electrons. The Hall–Kier alpha value is -1.26. The summed E-state index contributed by atoms with van der Waals surface area (Å²) in [7, 11) is 0. The fourth-order valence-corrected chi connectivity index (χ4v) is 1.57. The van der Waals surface area contributed by atoms with Gasteiger partial charge in [0.1, 0.15) is 18.5 Å². The zero-order valence-electron chi connectivity index (χ0n) is 9.43. The molecule has 88 valence electrons. The van der Waals surface area contributed by atoms with Crippen molar-refractivity contribution in [2.45, 2.75) is 25.7 Å². The summed E-state index contributed by atoms with van der Waals surface area (Å²) in [5.41, 5.74) is 0. The highest BCUT2D eigenvalue weighted by Crippen LogP contribution is 2.23. The topological polar surface area (TPSA) is 50.8 Å². The van der Waals surface area contributed by atoms with E-state index >= 15 is 0 Å². The molecule has 1 saturated heterocycles. The molecule has 1 aliphatic heterocycles. The van der Waals surface area contributed by atoms with Crippen molar-refractivity contribution in [3.63, 3.8) is 0 Å². The summed E-state index contributed by atoms with van der Waals surface area (Å²) in [6.07, 6.45) is -0.0538. The van der Waals surface area contributed by atoms with Crippen molar-refractivity contribution < 1.29 is 19.3 Å². The molecule has 16 heavy (non-hydrogen) atoms. The molecule has 0 aromatic heterocycles. The lowest BCUT2D eigenvalue weighted by Crippen LogP contribution is -2.25. The Morgan fingerprint density at radius 3 is 2.62 bits per heavy atom. The molecule has 0 bridgehead atoms. The lowest BCUT2D eigenvalue weighted by atomic mass is 10.3. The summed E-state index contributed by atoms with van der Waals surface area (Å²) in [5, 5.41) is 10.9. The maximum Gasteiger partial charge on any atom is 0.163 e. The van der Waals surface area contributed by atoms with Crippen molar-refractivity contribution in [1.29, 1.82) is 0 Å². The van der Waals surface area contributed by atoms with Crippen molar-refractivity contribution in [2.24, 2.45) is 0 Å². The summed E-state index contributed by atoms with van der Waals surface area (Å²) in [6, 6.07) is 6.27. The standard InChI is InChI=1S/C12H16O4/c1-12(2)15-8-11(16-12)7-14-10-5-3-9(13)4-6-10/h3-6,11,13H,7-8H2,1-2H3/p-1. The normalized spacial score (nSPS) is 23.2. The summed E-state index contributed by atoms with van der Waals surface area (Å²) in [6.45, 7) is 4.72. The van der Waals surface area contributed by atoms with Gasteiger partial charge in [-0.3, -0.25) is 0 Å². The first-order valence-corrected chi connectivity index (χ1v) is 5.27. The smallest absolute Gasteiger partial charge is 0.163 e. The molecule has 1 heterocycles. The van der Waals surface area contributed by atoms with Crippen LogP contribution in [0.5, 0.6) is 11.5 Å².